The van der Waals surface area contributed by atoms with Crippen LogP contribution in [0, 0.1) is 17.1 Å². The van der Waals surface area contributed by atoms with Crippen LogP contribution in [0.15, 0.2) is 27.1 Å². The predicted octanol–water partition coefficient (Wildman–Crippen LogP) is 2.70. The molecule has 0 amide bonds. The lowest BCUT2D eigenvalue weighted by molar-refractivity contribution is 0.589. The van der Waals surface area contributed by atoms with Gasteiger partial charge in [-0.25, -0.2) is 4.39 Å². The van der Waals surface area contributed by atoms with Gasteiger partial charge >= 0.3 is 0 Å². The Balaban J connectivity index is 2.51. The maximum Gasteiger partial charge on any atom is 0.230 e. The number of anilines is 1. The summed E-state index contributed by atoms with van der Waals surface area (Å²) in [5, 5.41) is 8.64. The first-order chi connectivity index (χ1) is 7.61. The zero-order valence-corrected chi connectivity index (χ0v) is 9.45. The van der Waals surface area contributed by atoms with Gasteiger partial charge < -0.3 is 10.2 Å². The molecule has 0 fully saturated rings. The number of hydrogen-bond acceptors (Lipinski definition) is 4. The number of nitriles is 1. The number of oxazole rings is 1. The van der Waals surface area contributed by atoms with Crippen molar-refractivity contribution in [3.8, 4) is 17.5 Å². The molecule has 2 aromatic rings. The van der Waals surface area contributed by atoms with Crippen LogP contribution in [0.2, 0.25) is 0 Å². The predicted molar refractivity (Wildman–Crippen MR) is 58.7 cm³/mol. The maximum absolute atomic E-state index is 13.2. The highest BCUT2D eigenvalue weighted by Gasteiger charge is 2.12. The van der Waals surface area contributed by atoms with Crippen molar-refractivity contribution >= 4 is 21.8 Å². The third kappa shape index (κ3) is 1.77. The van der Waals surface area contributed by atoms with E-state index in [-0.39, 0.29) is 17.5 Å². The Morgan fingerprint density at radius 3 is 2.81 bits per heavy atom. The molecule has 1 aromatic heterocycles. The van der Waals surface area contributed by atoms with Crippen molar-refractivity contribution in [2.24, 2.45) is 0 Å². The molecule has 0 saturated carbocycles. The summed E-state index contributed by atoms with van der Waals surface area (Å²) in [5.41, 5.74) is 5.83. The third-order valence-electron chi connectivity index (χ3n) is 1.93. The standard InChI is InChI=1S/C10H5BrFN3O/c11-6-2-1-5(3-7(6)12)10-15-8(4-13)9(14)16-10/h1-3H,14H2. The van der Waals surface area contributed by atoms with Gasteiger partial charge in [0.1, 0.15) is 11.9 Å². The van der Waals surface area contributed by atoms with E-state index in [1.165, 1.54) is 12.1 Å². The smallest absolute Gasteiger partial charge is 0.230 e. The fraction of sp³-hybridized carbons (Fsp3) is 0. The fourth-order valence-corrected chi connectivity index (χ4v) is 1.41. The molecule has 0 aliphatic heterocycles. The van der Waals surface area contributed by atoms with Crippen LogP contribution < -0.4 is 5.73 Å². The molecule has 0 aliphatic rings. The summed E-state index contributed by atoms with van der Waals surface area (Å²) in [6.07, 6.45) is 0. The quantitative estimate of drug-likeness (QED) is 0.872. The number of halogens is 2. The Morgan fingerprint density at radius 2 is 2.25 bits per heavy atom. The van der Waals surface area contributed by atoms with Crippen LogP contribution in [-0.2, 0) is 0 Å². The molecule has 0 unspecified atom stereocenters. The SMILES string of the molecule is N#Cc1nc(-c2ccc(Br)c(F)c2)oc1N. The number of hydrogen-bond donors (Lipinski definition) is 1. The van der Waals surface area contributed by atoms with Gasteiger partial charge in [-0.2, -0.15) is 10.2 Å². The number of nitrogen functional groups attached to an aromatic ring is 1. The van der Waals surface area contributed by atoms with Gasteiger partial charge in [-0.3, -0.25) is 0 Å². The molecule has 6 heteroatoms. The molecule has 0 atom stereocenters. The molecule has 16 heavy (non-hydrogen) atoms. The Bertz CT molecular complexity index is 588. The van der Waals surface area contributed by atoms with E-state index in [0.717, 1.165) is 0 Å². The lowest BCUT2D eigenvalue weighted by Crippen LogP contribution is -1.84. The van der Waals surface area contributed by atoms with Crippen molar-refractivity contribution in [2.75, 3.05) is 5.73 Å². The van der Waals surface area contributed by atoms with Crippen LogP contribution in [0.5, 0.6) is 0 Å². The molecule has 1 aromatic carbocycles. The minimum atomic E-state index is -0.437. The van der Waals surface area contributed by atoms with Crippen molar-refractivity contribution in [2.45, 2.75) is 0 Å². The molecule has 0 bridgehead atoms. The van der Waals surface area contributed by atoms with E-state index in [4.69, 9.17) is 15.4 Å². The summed E-state index contributed by atoms with van der Waals surface area (Å²) >= 11 is 3.03. The van der Waals surface area contributed by atoms with Crippen molar-refractivity contribution in [3.63, 3.8) is 0 Å². The normalized spacial score (nSPS) is 10.1. The van der Waals surface area contributed by atoms with Crippen LogP contribution in [0.4, 0.5) is 10.3 Å². The van der Waals surface area contributed by atoms with E-state index in [1.807, 2.05) is 0 Å². The molecule has 2 rings (SSSR count). The van der Waals surface area contributed by atoms with Crippen molar-refractivity contribution < 1.29 is 8.81 Å². The summed E-state index contributed by atoms with van der Waals surface area (Å²) in [6, 6.07) is 6.16. The largest absolute Gasteiger partial charge is 0.419 e. The van der Waals surface area contributed by atoms with Crippen LogP contribution >= 0.6 is 15.9 Å². The van der Waals surface area contributed by atoms with E-state index >= 15 is 0 Å². The lowest BCUT2D eigenvalue weighted by Gasteiger charge is -1.97. The number of nitrogens with two attached hydrogens (primary N) is 1. The average Bonchev–Trinajstić information content (AvgIpc) is 2.64. The second kappa shape index (κ2) is 3.94. The summed E-state index contributed by atoms with van der Waals surface area (Å²) in [7, 11) is 0. The topological polar surface area (TPSA) is 75.8 Å². The molecular formula is C10H5BrFN3O. The van der Waals surface area contributed by atoms with E-state index in [9.17, 15) is 4.39 Å². The first-order valence-corrected chi connectivity index (χ1v) is 5.03. The van der Waals surface area contributed by atoms with E-state index in [1.54, 1.807) is 12.1 Å². The van der Waals surface area contributed by atoms with Crippen LogP contribution in [0.3, 0.4) is 0 Å². The Morgan fingerprint density at radius 1 is 1.50 bits per heavy atom. The lowest BCUT2D eigenvalue weighted by atomic mass is 10.2. The van der Waals surface area contributed by atoms with Gasteiger partial charge in [0.2, 0.25) is 17.5 Å². The monoisotopic (exact) mass is 281 g/mol. The second-order valence-corrected chi connectivity index (χ2v) is 3.83. The van der Waals surface area contributed by atoms with Gasteiger partial charge in [0.05, 0.1) is 4.47 Å². The van der Waals surface area contributed by atoms with Gasteiger partial charge in [0.25, 0.3) is 0 Å². The minimum Gasteiger partial charge on any atom is -0.419 e. The first kappa shape index (κ1) is 10.6. The zero-order valence-electron chi connectivity index (χ0n) is 7.87. The highest BCUT2D eigenvalue weighted by Crippen LogP contribution is 2.26. The van der Waals surface area contributed by atoms with Crippen LogP contribution in [0.25, 0.3) is 11.5 Å². The van der Waals surface area contributed by atoms with E-state index in [0.29, 0.717) is 10.0 Å². The molecule has 0 aliphatic carbocycles. The van der Waals surface area contributed by atoms with Crippen molar-refractivity contribution in [3.05, 3.63) is 34.2 Å². The average molecular weight is 282 g/mol. The summed E-state index contributed by atoms with van der Waals surface area (Å²) < 4.78 is 18.6. The maximum atomic E-state index is 13.2. The molecule has 80 valence electrons. The zero-order chi connectivity index (χ0) is 11.7. The number of rotatable bonds is 1. The van der Waals surface area contributed by atoms with E-state index < -0.39 is 5.82 Å². The molecule has 0 saturated heterocycles. The van der Waals surface area contributed by atoms with Gasteiger partial charge in [-0.05, 0) is 34.1 Å². The Kier molecular flexibility index (Phi) is 2.62. The number of benzene rings is 1. The fourth-order valence-electron chi connectivity index (χ4n) is 1.16. The van der Waals surface area contributed by atoms with Crippen LogP contribution in [-0.4, -0.2) is 4.98 Å². The summed E-state index contributed by atoms with van der Waals surface area (Å²) in [6.45, 7) is 0. The highest BCUT2D eigenvalue weighted by molar-refractivity contribution is 9.10. The molecule has 0 radical (unpaired) electrons. The molecule has 0 spiro atoms. The molecule has 2 N–H and O–H groups in total. The molecule has 1 heterocycles. The third-order valence-corrected chi connectivity index (χ3v) is 2.57. The summed E-state index contributed by atoms with van der Waals surface area (Å²) in [5.74, 6) is -0.381. The number of aromatic nitrogens is 1. The van der Waals surface area contributed by atoms with Gasteiger partial charge in [0.15, 0.2) is 0 Å². The Labute approximate surface area is 98.6 Å². The summed E-state index contributed by atoms with van der Waals surface area (Å²) in [4.78, 5) is 3.83. The van der Waals surface area contributed by atoms with Gasteiger partial charge in [-0.15, -0.1) is 0 Å². The van der Waals surface area contributed by atoms with Crippen molar-refractivity contribution in [1.29, 1.82) is 5.26 Å². The molecule has 4 nitrogen and oxygen atoms in total. The van der Waals surface area contributed by atoms with Gasteiger partial charge in [-0.1, -0.05) is 0 Å². The first-order valence-electron chi connectivity index (χ1n) is 4.23. The highest BCUT2D eigenvalue weighted by atomic mass is 79.9. The number of nitrogens with zero attached hydrogens (tertiary/aromatic N) is 2. The van der Waals surface area contributed by atoms with Gasteiger partial charge in [0, 0.05) is 5.56 Å². The van der Waals surface area contributed by atoms with Crippen LogP contribution in [0.1, 0.15) is 5.69 Å². The Hall–Kier alpha value is -1.87. The van der Waals surface area contributed by atoms with E-state index in [2.05, 4.69) is 20.9 Å². The second-order valence-electron chi connectivity index (χ2n) is 2.97. The van der Waals surface area contributed by atoms with Crippen molar-refractivity contribution in [1.82, 2.24) is 4.98 Å². The molecular weight excluding hydrogens is 277 g/mol. The minimum absolute atomic E-state index is 0.00155.